The van der Waals surface area contributed by atoms with Crippen LogP contribution in [0.1, 0.15) is 40.8 Å². The first-order valence-corrected chi connectivity index (χ1v) is 7.43. The first-order chi connectivity index (χ1) is 10.5. The second kappa shape index (κ2) is 5.92. The van der Waals surface area contributed by atoms with Crippen LogP contribution in [-0.4, -0.2) is 34.1 Å². The van der Waals surface area contributed by atoms with Crippen LogP contribution in [0.25, 0.3) is 0 Å². The lowest BCUT2D eigenvalue weighted by atomic mass is 9.97. The molecule has 0 spiro atoms. The highest BCUT2D eigenvalue weighted by Crippen LogP contribution is 2.31. The third kappa shape index (κ3) is 2.89. The predicted octanol–water partition coefficient (Wildman–Crippen LogP) is 1.91. The summed E-state index contributed by atoms with van der Waals surface area (Å²) in [4.78, 5) is 21.8. The van der Waals surface area contributed by atoms with Crippen LogP contribution in [0, 0.1) is 6.92 Å². The summed E-state index contributed by atoms with van der Waals surface area (Å²) in [7, 11) is 0. The van der Waals surface area contributed by atoms with Gasteiger partial charge in [-0.1, -0.05) is 16.8 Å². The van der Waals surface area contributed by atoms with Gasteiger partial charge in [0.2, 0.25) is 11.8 Å². The number of aryl methyl sites for hydroxylation is 1. The van der Waals surface area contributed by atoms with Gasteiger partial charge in [-0.15, -0.1) is 0 Å². The van der Waals surface area contributed by atoms with Crippen molar-refractivity contribution in [3.63, 3.8) is 0 Å². The van der Waals surface area contributed by atoms with E-state index in [1.165, 1.54) is 6.20 Å². The molecule has 2 N–H and O–H groups in total. The first-order valence-electron chi connectivity index (χ1n) is 7.05. The summed E-state index contributed by atoms with van der Waals surface area (Å²) in [5, 5.41) is 4.42. The van der Waals surface area contributed by atoms with Crippen LogP contribution in [0.4, 0.5) is 5.82 Å². The molecule has 7 nitrogen and oxygen atoms in total. The minimum Gasteiger partial charge on any atom is -0.366 e. The minimum absolute atomic E-state index is 0.180. The number of rotatable bonds is 3. The lowest BCUT2D eigenvalue weighted by Crippen LogP contribution is -2.35. The number of piperidine rings is 1. The van der Waals surface area contributed by atoms with E-state index in [4.69, 9.17) is 21.9 Å². The standard InChI is InChI=1S/C14H16ClN5O2/c1-8-18-13(19-22-8)9-3-2-4-20(7-9)14-11(15)5-10(6-17-14)12(16)21/h5-6,9H,2-4,7H2,1H3,(H2,16,21)/t9-/m0/s1. The van der Waals surface area contributed by atoms with Gasteiger partial charge in [-0.3, -0.25) is 4.79 Å². The molecule has 0 unspecified atom stereocenters. The lowest BCUT2D eigenvalue weighted by Gasteiger charge is -2.32. The van der Waals surface area contributed by atoms with Crippen molar-refractivity contribution in [3.8, 4) is 0 Å². The van der Waals surface area contributed by atoms with E-state index in [9.17, 15) is 4.79 Å². The van der Waals surface area contributed by atoms with Gasteiger partial charge in [-0.05, 0) is 18.9 Å². The molecule has 1 aliphatic rings. The van der Waals surface area contributed by atoms with E-state index in [0.717, 1.165) is 19.4 Å². The van der Waals surface area contributed by atoms with Crippen LogP contribution < -0.4 is 10.6 Å². The summed E-state index contributed by atoms with van der Waals surface area (Å²) in [6, 6.07) is 1.55. The number of nitrogens with zero attached hydrogens (tertiary/aromatic N) is 4. The molecule has 0 bridgehead atoms. The fourth-order valence-corrected chi connectivity index (χ4v) is 2.95. The van der Waals surface area contributed by atoms with Crippen molar-refractivity contribution >= 4 is 23.3 Å². The van der Waals surface area contributed by atoms with Crippen molar-refractivity contribution in [1.82, 2.24) is 15.1 Å². The van der Waals surface area contributed by atoms with Crippen LogP contribution in [-0.2, 0) is 0 Å². The van der Waals surface area contributed by atoms with Gasteiger partial charge in [-0.2, -0.15) is 4.98 Å². The number of anilines is 1. The molecule has 1 amide bonds. The summed E-state index contributed by atoms with van der Waals surface area (Å²) in [6.45, 7) is 3.33. The fourth-order valence-electron chi connectivity index (χ4n) is 2.66. The maximum Gasteiger partial charge on any atom is 0.250 e. The maximum atomic E-state index is 11.2. The van der Waals surface area contributed by atoms with E-state index in [1.54, 1.807) is 13.0 Å². The van der Waals surface area contributed by atoms with Crippen molar-refractivity contribution in [1.29, 1.82) is 0 Å². The van der Waals surface area contributed by atoms with Crippen LogP contribution in [0.15, 0.2) is 16.8 Å². The van der Waals surface area contributed by atoms with Crippen molar-refractivity contribution in [3.05, 3.63) is 34.6 Å². The zero-order chi connectivity index (χ0) is 15.7. The van der Waals surface area contributed by atoms with E-state index in [-0.39, 0.29) is 5.92 Å². The molecule has 3 rings (SSSR count). The normalized spacial score (nSPS) is 18.5. The Morgan fingerprint density at radius 3 is 3.00 bits per heavy atom. The highest BCUT2D eigenvalue weighted by molar-refractivity contribution is 6.33. The van der Waals surface area contributed by atoms with Gasteiger partial charge in [0.15, 0.2) is 5.82 Å². The Kier molecular flexibility index (Phi) is 3.98. The molecule has 2 aromatic rings. The number of nitrogens with two attached hydrogens (primary N) is 1. The molecule has 22 heavy (non-hydrogen) atoms. The molecule has 0 aromatic carbocycles. The number of amides is 1. The Hall–Kier alpha value is -2.15. The highest BCUT2D eigenvalue weighted by atomic mass is 35.5. The molecule has 2 aromatic heterocycles. The third-order valence-corrected chi connectivity index (χ3v) is 4.01. The third-order valence-electron chi connectivity index (χ3n) is 3.74. The number of aromatic nitrogens is 3. The van der Waals surface area contributed by atoms with Crippen LogP contribution in [0.2, 0.25) is 5.02 Å². The van der Waals surface area contributed by atoms with Crippen molar-refractivity contribution in [2.75, 3.05) is 18.0 Å². The molecule has 0 radical (unpaired) electrons. The zero-order valence-corrected chi connectivity index (χ0v) is 12.9. The van der Waals surface area contributed by atoms with E-state index in [2.05, 4.69) is 20.0 Å². The largest absolute Gasteiger partial charge is 0.366 e. The van der Waals surface area contributed by atoms with Gasteiger partial charge in [-0.25, -0.2) is 4.98 Å². The van der Waals surface area contributed by atoms with Crippen LogP contribution >= 0.6 is 11.6 Å². The molecule has 0 saturated carbocycles. The van der Waals surface area contributed by atoms with E-state index in [1.807, 2.05) is 0 Å². The number of hydrogen-bond acceptors (Lipinski definition) is 6. The number of halogens is 1. The smallest absolute Gasteiger partial charge is 0.250 e. The Morgan fingerprint density at radius 1 is 1.55 bits per heavy atom. The highest BCUT2D eigenvalue weighted by Gasteiger charge is 2.27. The number of carbonyl (C=O) groups excluding carboxylic acids is 1. The second-order valence-electron chi connectivity index (χ2n) is 5.35. The van der Waals surface area contributed by atoms with Gasteiger partial charge in [0.1, 0.15) is 5.82 Å². The zero-order valence-electron chi connectivity index (χ0n) is 12.1. The van der Waals surface area contributed by atoms with Crippen molar-refractivity contribution in [2.45, 2.75) is 25.7 Å². The Labute approximate surface area is 132 Å². The molecule has 1 saturated heterocycles. The van der Waals surface area contributed by atoms with E-state index in [0.29, 0.717) is 34.7 Å². The quantitative estimate of drug-likeness (QED) is 0.927. The van der Waals surface area contributed by atoms with Gasteiger partial charge in [0, 0.05) is 32.1 Å². The molecular formula is C14H16ClN5O2. The molecule has 0 aliphatic carbocycles. The molecule has 116 valence electrons. The number of primary amides is 1. The molecular weight excluding hydrogens is 306 g/mol. The van der Waals surface area contributed by atoms with Gasteiger partial charge < -0.3 is 15.2 Å². The van der Waals surface area contributed by atoms with E-state index >= 15 is 0 Å². The van der Waals surface area contributed by atoms with Crippen molar-refractivity contribution in [2.24, 2.45) is 5.73 Å². The summed E-state index contributed by atoms with van der Waals surface area (Å²) in [5.41, 5.74) is 5.54. The number of hydrogen-bond donors (Lipinski definition) is 1. The SMILES string of the molecule is Cc1nc([C@H]2CCCN(c3ncc(C(N)=O)cc3Cl)C2)no1. The Bertz CT molecular complexity index is 702. The molecule has 1 fully saturated rings. The van der Waals surface area contributed by atoms with Gasteiger partial charge in [0.05, 0.1) is 10.6 Å². The summed E-state index contributed by atoms with van der Waals surface area (Å²) < 4.78 is 5.05. The monoisotopic (exact) mass is 321 g/mol. The minimum atomic E-state index is -0.542. The van der Waals surface area contributed by atoms with Gasteiger partial charge >= 0.3 is 0 Å². The fraction of sp³-hybridized carbons (Fsp3) is 0.429. The maximum absolute atomic E-state index is 11.2. The summed E-state index contributed by atoms with van der Waals surface area (Å²) >= 11 is 6.24. The topological polar surface area (TPSA) is 98.1 Å². The Morgan fingerprint density at radius 2 is 2.36 bits per heavy atom. The lowest BCUT2D eigenvalue weighted by molar-refractivity contribution is 0.1000. The van der Waals surface area contributed by atoms with Crippen LogP contribution in [0.3, 0.4) is 0 Å². The van der Waals surface area contributed by atoms with Crippen LogP contribution in [0.5, 0.6) is 0 Å². The number of pyridine rings is 1. The van der Waals surface area contributed by atoms with E-state index < -0.39 is 5.91 Å². The van der Waals surface area contributed by atoms with Gasteiger partial charge in [0.25, 0.3) is 0 Å². The second-order valence-corrected chi connectivity index (χ2v) is 5.76. The van der Waals surface area contributed by atoms with Crippen molar-refractivity contribution < 1.29 is 9.32 Å². The average molecular weight is 322 g/mol. The first kappa shape index (κ1) is 14.8. The predicted molar refractivity (Wildman–Crippen MR) is 81.0 cm³/mol. The molecule has 1 atom stereocenters. The molecule has 8 heteroatoms. The molecule has 3 heterocycles. The molecule has 1 aliphatic heterocycles. The number of carbonyl (C=O) groups is 1. The summed E-state index contributed by atoms with van der Waals surface area (Å²) in [6.07, 6.45) is 3.42. The Balaban J connectivity index is 1.81. The summed E-state index contributed by atoms with van der Waals surface area (Å²) in [5.74, 6) is 1.57. The average Bonchev–Trinajstić information content (AvgIpc) is 2.94.